The van der Waals surface area contributed by atoms with E-state index in [0.717, 1.165) is 39.1 Å². The van der Waals surface area contributed by atoms with Crippen molar-refractivity contribution >= 4 is 34.1 Å². The summed E-state index contributed by atoms with van der Waals surface area (Å²) in [6.45, 7) is 0. The molecule has 0 saturated carbocycles. The average molecular weight is 434 g/mol. The molecule has 5 aromatic rings. The first-order valence-electron chi connectivity index (χ1n) is 9.44. The van der Waals surface area contributed by atoms with Crippen LogP contribution in [-0.4, -0.2) is 24.3 Å². The average Bonchev–Trinajstić information content (AvgIpc) is 3.43. The van der Waals surface area contributed by atoms with E-state index in [2.05, 4.69) is 27.2 Å². The van der Waals surface area contributed by atoms with Gasteiger partial charge in [0.15, 0.2) is 0 Å². The molecule has 0 spiro atoms. The molecule has 2 aromatic carbocycles. The van der Waals surface area contributed by atoms with Crippen LogP contribution in [0.1, 0.15) is 11.1 Å². The maximum atomic E-state index is 6.82. The summed E-state index contributed by atoms with van der Waals surface area (Å²) in [4.78, 5) is 9.00. The fraction of sp³-hybridized carbons (Fsp3) is 0.0870. The first kappa shape index (κ1) is 18.9. The number of nitrogens with zero attached hydrogens (tertiary/aromatic N) is 5. The summed E-state index contributed by atoms with van der Waals surface area (Å²) < 4.78 is 3.79. The van der Waals surface area contributed by atoms with E-state index < -0.39 is 0 Å². The molecule has 0 unspecified atom stereocenters. The number of aromatic nitrogens is 5. The number of halogens is 2. The number of pyridine rings is 1. The normalized spacial score (nSPS) is 11.3. The second-order valence-electron chi connectivity index (χ2n) is 7.08. The lowest BCUT2D eigenvalue weighted by atomic mass is 10.0. The van der Waals surface area contributed by atoms with Gasteiger partial charge in [0.05, 0.1) is 16.2 Å². The molecule has 0 fully saturated rings. The lowest BCUT2D eigenvalue weighted by Crippen LogP contribution is -1.98. The second-order valence-corrected chi connectivity index (χ2v) is 7.82. The van der Waals surface area contributed by atoms with Gasteiger partial charge in [0, 0.05) is 54.8 Å². The third-order valence-corrected chi connectivity index (χ3v) is 5.88. The molecule has 0 amide bonds. The lowest BCUT2D eigenvalue weighted by molar-refractivity contribution is 0.879. The molecule has 0 atom stereocenters. The van der Waals surface area contributed by atoms with Crippen LogP contribution in [0.25, 0.3) is 28.0 Å². The Bertz CT molecular complexity index is 1340. The van der Waals surface area contributed by atoms with Gasteiger partial charge in [-0.15, -0.1) is 0 Å². The van der Waals surface area contributed by atoms with E-state index >= 15 is 0 Å². The van der Waals surface area contributed by atoms with E-state index in [1.54, 1.807) is 12.4 Å². The summed E-state index contributed by atoms with van der Waals surface area (Å²) in [5.74, 6) is 0.874. The molecule has 30 heavy (non-hydrogen) atoms. The van der Waals surface area contributed by atoms with E-state index in [0.29, 0.717) is 16.6 Å². The Kier molecular flexibility index (Phi) is 4.77. The number of rotatable bonds is 4. The number of fused-ring (bicyclic) bond motifs is 1. The summed E-state index contributed by atoms with van der Waals surface area (Å²) in [5.41, 5.74) is 4.65. The molecule has 0 radical (unpaired) electrons. The predicted molar refractivity (Wildman–Crippen MR) is 120 cm³/mol. The number of benzene rings is 2. The summed E-state index contributed by atoms with van der Waals surface area (Å²) in [5, 5.41) is 6.17. The Morgan fingerprint density at radius 2 is 1.80 bits per heavy atom. The molecule has 3 aromatic heterocycles. The van der Waals surface area contributed by atoms with Gasteiger partial charge in [0.1, 0.15) is 11.0 Å². The third kappa shape index (κ3) is 3.36. The molecule has 0 bridgehead atoms. The predicted octanol–water partition coefficient (Wildman–Crippen LogP) is 5.72. The molecular weight excluding hydrogens is 417 g/mol. The van der Waals surface area contributed by atoms with Crippen molar-refractivity contribution in [1.29, 1.82) is 0 Å². The van der Waals surface area contributed by atoms with E-state index in [4.69, 9.17) is 23.2 Å². The number of hydrogen-bond acceptors (Lipinski definition) is 3. The van der Waals surface area contributed by atoms with Gasteiger partial charge in [-0.25, -0.2) is 14.6 Å². The maximum absolute atomic E-state index is 6.82. The molecular formula is C23H17Cl2N5. The zero-order chi connectivity index (χ0) is 20.7. The Balaban J connectivity index is 1.53. The van der Waals surface area contributed by atoms with Crippen molar-refractivity contribution in [2.75, 3.05) is 0 Å². The smallest absolute Gasteiger partial charge is 0.139 e. The van der Waals surface area contributed by atoms with Crippen molar-refractivity contribution in [1.82, 2.24) is 24.3 Å². The summed E-state index contributed by atoms with van der Waals surface area (Å²) >= 11 is 13.3. The van der Waals surface area contributed by atoms with E-state index in [1.165, 1.54) is 0 Å². The summed E-state index contributed by atoms with van der Waals surface area (Å²) in [7, 11) is 1.96. The number of imidazole rings is 1. The van der Waals surface area contributed by atoms with Crippen molar-refractivity contribution in [3.05, 3.63) is 94.6 Å². The highest BCUT2D eigenvalue weighted by Gasteiger charge is 2.15. The fourth-order valence-corrected chi connectivity index (χ4v) is 4.17. The SMILES string of the molecule is Cn1ccnc1-c1ccc2nc(Cl)c(Cc3ccc(-n4cccn4)cc3)c(Cl)c2c1. The fourth-order valence-electron chi connectivity index (χ4n) is 3.56. The second kappa shape index (κ2) is 7.59. The van der Waals surface area contributed by atoms with Crippen LogP contribution in [0.4, 0.5) is 0 Å². The van der Waals surface area contributed by atoms with Gasteiger partial charge < -0.3 is 4.57 Å². The molecule has 0 aliphatic rings. The zero-order valence-electron chi connectivity index (χ0n) is 16.1. The monoisotopic (exact) mass is 433 g/mol. The molecule has 148 valence electrons. The van der Waals surface area contributed by atoms with Crippen LogP contribution in [0.3, 0.4) is 0 Å². The van der Waals surface area contributed by atoms with Gasteiger partial charge in [-0.1, -0.05) is 35.3 Å². The van der Waals surface area contributed by atoms with Gasteiger partial charge in [-0.05, 0) is 42.0 Å². The Hall–Kier alpha value is -3.15. The maximum Gasteiger partial charge on any atom is 0.139 e. The van der Waals surface area contributed by atoms with Gasteiger partial charge in [0.2, 0.25) is 0 Å². The highest BCUT2D eigenvalue weighted by molar-refractivity contribution is 6.39. The summed E-state index contributed by atoms with van der Waals surface area (Å²) in [6.07, 6.45) is 7.95. The Morgan fingerprint density at radius 1 is 0.967 bits per heavy atom. The standard InChI is InChI=1S/C23H17Cl2N5/c1-29-12-10-26-23(29)16-5-8-20-18(14-16)21(24)19(22(25)28-20)13-15-3-6-17(7-4-15)30-11-2-9-27-30/h2-12,14H,13H2,1H3. The summed E-state index contributed by atoms with van der Waals surface area (Å²) in [6, 6.07) is 16.0. The van der Waals surface area contributed by atoms with Crippen molar-refractivity contribution in [2.24, 2.45) is 7.05 Å². The molecule has 0 aliphatic heterocycles. The van der Waals surface area contributed by atoms with Crippen LogP contribution in [0.2, 0.25) is 10.2 Å². The van der Waals surface area contributed by atoms with E-state index in [-0.39, 0.29) is 0 Å². The number of hydrogen-bond donors (Lipinski definition) is 0. The van der Waals surface area contributed by atoms with Gasteiger partial charge >= 0.3 is 0 Å². The van der Waals surface area contributed by atoms with Crippen LogP contribution in [0.5, 0.6) is 0 Å². The van der Waals surface area contributed by atoms with Crippen LogP contribution in [0, 0.1) is 0 Å². The van der Waals surface area contributed by atoms with Crippen LogP contribution in [0.15, 0.2) is 73.3 Å². The van der Waals surface area contributed by atoms with Crippen LogP contribution in [-0.2, 0) is 13.5 Å². The van der Waals surface area contributed by atoms with E-state index in [1.807, 2.05) is 65.1 Å². The zero-order valence-corrected chi connectivity index (χ0v) is 17.6. The molecule has 0 N–H and O–H groups in total. The minimum atomic E-state index is 0.424. The molecule has 5 rings (SSSR count). The molecule has 0 aliphatic carbocycles. The van der Waals surface area contributed by atoms with Crippen molar-refractivity contribution < 1.29 is 0 Å². The lowest BCUT2D eigenvalue weighted by Gasteiger charge is -2.12. The minimum Gasteiger partial charge on any atom is -0.334 e. The Morgan fingerprint density at radius 3 is 2.50 bits per heavy atom. The van der Waals surface area contributed by atoms with Crippen LogP contribution < -0.4 is 0 Å². The van der Waals surface area contributed by atoms with Crippen LogP contribution >= 0.6 is 23.2 Å². The first-order chi connectivity index (χ1) is 14.6. The molecule has 7 heteroatoms. The molecule has 5 nitrogen and oxygen atoms in total. The van der Waals surface area contributed by atoms with Gasteiger partial charge in [0.25, 0.3) is 0 Å². The molecule has 0 saturated heterocycles. The quantitative estimate of drug-likeness (QED) is 0.340. The van der Waals surface area contributed by atoms with Gasteiger partial charge in [-0.3, -0.25) is 0 Å². The first-order valence-corrected chi connectivity index (χ1v) is 10.2. The third-order valence-electron chi connectivity index (χ3n) is 5.13. The number of aryl methyl sites for hydroxylation is 1. The van der Waals surface area contributed by atoms with Crippen molar-refractivity contribution in [2.45, 2.75) is 6.42 Å². The highest BCUT2D eigenvalue weighted by atomic mass is 35.5. The van der Waals surface area contributed by atoms with Gasteiger partial charge in [-0.2, -0.15) is 5.10 Å². The Labute approximate surface area is 183 Å². The molecule has 3 heterocycles. The largest absolute Gasteiger partial charge is 0.334 e. The minimum absolute atomic E-state index is 0.424. The van der Waals surface area contributed by atoms with Crippen molar-refractivity contribution in [3.63, 3.8) is 0 Å². The highest BCUT2D eigenvalue weighted by Crippen LogP contribution is 2.34. The van der Waals surface area contributed by atoms with E-state index in [9.17, 15) is 0 Å². The van der Waals surface area contributed by atoms with Crippen molar-refractivity contribution in [3.8, 4) is 17.1 Å². The topological polar surface area (TPSA) is 48.5 Å².